The minimum absolute atomic E-state index is 0.879. The Morgan fingerprint density at radius 2 is 1.83 bits per heavy atom. The van der Waals surface area contributed by atoms with Gasteiger partial charge < -0.3 is 4.90 Å². The molecule has 0 unspecified atom stereocenters. The Morgan fingerprint density at radius 3 is 2.33 bits per heavy atom. The van der Waals surface area contributed by atoms with Crippen LogP contribution in [0.5, 0.6) is 0 Å². The van der Waals surface area contributed by atoms with Crippen molar-refractivity contribution in [3.8, 4) is 0 Å². The van der Waals surface area contributed by atoms with Gasteiger partial charge >= 0.3 is 0 Å². The van der Waals surface area contributed by atoms with Gasteiger partial charge in [0.1, 0.15) is 0 Å². The molecular weight excluding hydrogens is 261 g/mol. The molecule has 0 amide bonds. The van der Waals surface area contributed by atoms with Gasteiger partial charge in [0.15, 0.2) is 0 Å². The second-order valence-electron chi connectivity index (χ2n) is 3.49. The second-order valence-corrected chi connectivity index (χ2v) is 4.73. The summed E-state index contributed by atoms with van der Waals surface area (Å²) in [6, 6.07) is 8.74. The zero-order valence-electron chi connectivity index (χ0n) is 7.13. The first-order valence-electron chi connectivity index (χ1n) is 4.26. The molecule has 0 aromatic heterocycles. The molecule has 64 valence electrons. The van der Waals surface area contributed by atoms with Crippen molar-refractivity contribution in [3.63, 3.8) is 0 Å². The van der Waals surface area contributed by atoms with Crippen LogP contribution in [0.4, 0.5) is 5.69 Å². The molecule has 0 aliphatic carbocycles. The van der Waals surface area contributed by atoms with Crippen molar-refractivity contribution in [1.29, 1.82) is 0 Å². The van der Waals surface area contributed by atoms with Gasteiger partial charge in [-0.25, -0.2) is 0 Å². The molecule has 1 aliphatic heterocycles. The van der Waals surface area contributed by atoms with E-state index in [1.807, 2.05) is 0 Å². The molecule has 0 saturated carbocycles. The summed E-state index contributed by atoms with van der Waals surface area (Å²) < 4.78 is 1.31. The molecule has 0 atom stereocenters. The molecule has 0 bridgehead atoms. The van der Waals surface area contributed by atoms with Crippen LogP contribution in [0.1, 0.15) is 6.92 Å². The van der Waals surface area contributed by atoms with E-state index in [1.54, 1.807) is 0 Å². The SMILES string of the molecule is CC1CN(c2ccc(I)cc2)C1. The molecule has 2 rings (SSSR count). The summed E-state index contributed by atoms with van der Waals surface area (Å²) in [7, 11) is 0. The number of nitrogens with zero attached hydrogens (tertiary/aromatic N) is 1. The van der Waals surface area contributed by atoms with E-state index in [2.05, 4.69) is 58.7 Å². The lowest BCUT2D eigenvalue weighted by Crippen LogP contribution is -2.45. The van der Waals surface area contributed by atoms with Crippen LogP contribution in [-0.2, 0) is 0 Å². The Bertz CT molecular complexity index is 262. The smallest absolute Gasteiger partial charge is 0.0367 e. The summed E-state index contributed by atoms with van der Waals surface area (Å²) in [4.78, 5) is 2.42. The van der Waals surface area contributed by atoms with Gasteiger partial charge in [0.05, 0.1) is 0 Å². The van der Waals surface area contributed by atoms with E-state index >= 15 is 0 Å². The third kappa shape index (κ3) is 1.58. The van der Waals surface area contributed by atoms with Crippen LogP contribution < -0.4 is 4.90 Å². The molecule has 1 aliphatic rings. The van der Waals surface area contributed by atoms with Gasteiger partial charge in [0.25, 0.3) is 0 Å². The van der Waals surface area contributed by atoms with Crippen molar-refractivity contribution in [2.45, 2.75) is 6.92 Å². The number of halogens is 1. The van der Waals surface area contributed by atoms with Crippen molar-refractivity contribution in [1.82, 2.24) is 0 Å². The third-order valence-electron chi connectivity index (χ3n) is 2.26. The first kappa shape index (κ1) is 8.35. The maximum absolute atomic E-state index is 2.42. The summed E-state index contributed by atoms with van der Waals surface area (Å²) >= 11 is 2.34. The molecule has 0 N–H and O–H groups in total. The van der Waals surface area contributed by atoms with Gasteiger partial charge in [-0.1, -0.05) is 6.92 Å². The number of anilines is 1. The lowest BCUT2D eigenvalue weighted by molar-refractivity contribution is 0.447. The Hall–Kier alpha value is -0.250. The monoisotopic (exact) mass is 273 g/mol. The fourth-order valence-electron chi connectivity index (χ4n) is 1.56. The highest BCUT2D eigenvalue weighted by molar-refractivity contribution is 14.1. The lowest BCUT2D eigenvalue weighted by atomic mass is 10.0. The van der Waals surface area contributed by atoms with Crippen LogP contribution in [0.15, 0.2) is 24.3 Å². The number of benzene rings is 1. The van der Waals surface area contributed by atoms with E-state index in [0.717, 1.165) is 5.92 Å². The highest BCUT2D eigenvalue weighted by Gasteiger charge is 2.21. The molecule has 1 aromatic rings. The van der Waals surface area contributed by atoms with Gasteiger partial charge in [0, 0.05) is 22.3 Å². The summed E-state index contributed by atoms with van der Waals surface area (Å²) in [6.07, 6.45) is 0. The zero-order chi connectivity index (χ0) is 8.55. The van der Waals surface area contributed by atoms with E-state index in [0.29, 0.717) is 0 Å². The van der Waals surface area contributed by atoms with Crippen molar-refractivity contribution < 1.29 is 0 Å². The summed E-state index contributed by atoms with van der Waals surface area (Å²) in [5, 5.41) is 0. The predicted molar refractivity (Wildman–Crippen MR) is 60.5 cm³/mol. The minimum atomic E-state index is 0.879. The van der Waals surface area contributed by atoms with Gasteiger partial charge in [-0.05, 0) is 52.8 Å². The van der Waals surface area contributed by atoms with Crippen LogP contribution in [0.25, 0.3) is 0 Å². The zero-order valence-corrected chi connectivity index (χ0v) is 9.28. The molecule has 1 nitrogen and oxygen atoms in total. The van der Waals surface area contributed by atoms with Crippen molar-refractivity contribution >= 4 is 28.3 Å². The van der Waals surface area contributed by atoms with Crippen LogP contribution >= 0.6 is 22.6 Å². The first-order valence-corrected chi connectivity index (χ1v) is 5.34. The fourth-order valence-corrected chi connectivity index (χ4v) is 1.92. The number of rotatable bonds is 1. The highest BCUT2D eigenvalue weighted by Crippen LogP contribution is 2.24. The molecule has 1 fully saturated rings. The molecule has 2 heteroatoms. The molecule has 0 spiro atoms. The maximum Gasteiger partial charge on any atom is 0.0367 e. The topological polar surface area (TPSA) is 3.24 Å². The molecule has 12 heavy (non-hydrogen) atoms. The van der Waals surface area contributed by atoms with Crippen LogP contribution in [-0.4, -0.2) is 13.1 Å². The Morgan fingerprint density at radius 1 is 1.25 bits per heavy atom. The van der Waals surface area contributed by atoms with E-state index in [4.69, 9.17) is 0 Å². The van der Waals surface area contributed by atoms with E-state index < -0.39 is 0 Å². The predicted octanol–water partition coefficient (Wildman–Crippen LogP) is 2.75. The van der Waals surface area contributed by atoms with Gasteiger partial charge in [0.2, 0.25) is 0 Å². The van der Waals surface area contributed by atoms with Crippen LogP contribution in [0.2, 0.25) is 0 Å². The maximum atomic E-state index is 2.42. The van der Waals surface area contributed by atoms with Crippen LogP contribution in [0.3, 0.4) is 0 Å². The fraction of sp³-hybridized carbons (Fsp3) is 0.400. The summed E-state index contributed by atoms with van der Waals surface area (Å²) in [5.74, 6) is 0.879. The highest BCUT2D eigenvalue weighted by atomic mass is 127. The quantitative estimate of drug-likeness (QED) is 0.711. The average molecular weight is 273 g/mol. The van der Waals surface area contributed by atoms with Gasteiger partial charge in [-0.3, -0.25) is 0 Å². The summed E-state index contributed by atoms with van der Waals surface area (Å²) in [6.45, 7) is 4.74. The standard InChI is InChI=1S/C10H12IN/c1-8-6-12(7-8)10-4-2-9(11)3-5-10/h2-5,8H,6-7H2,1H3. The number of hydrogen-bond acceptors (Lipinski definition) is 1. The largest absolute Gasteiger partial charge is 0.371 e. The van der Waals surface area contributed by atoms with Crippen molar-refractivity contribution in [2.24, 2.45) is 5.92 Å². The molecule has 1 aromatic carbocycles. The summed E-state index contributed by atoms with van der Waals surface area (Å²) in [5.41, 5.74) is 1.37. The second kappa shape index (κ2) is 3.24. The Labute approximate surface area is 86.9 Å². The van der Waals surface area contributed by atoms with E-state index in [9.17, 15) is 0 Å². The Balaban J connectivity index is 2.09. The minimum Gasteiger partial charge on any atom is -0.371 e. The third-order valence-corrected chi connectivity index (χ3v) is 2.98. The van der Waals surface area contributed by atoms with E-state index in [-0.39, 0.29) is 0 Å². The molecular formula is C10H12IN. The van der Waals surface area contributed by atoms with Crippen molar-refractivity contribution in [3.05, 3.63) is 27.8 Å². The normalized spacial score (nSPS) is 17.7. The van der Waals surface area contributed by atoms with Gasteiger partial charge in [-0.15, -0.1) is 0 Å². The van der Waals surface area contributed by atoms with Crippen molar-refractivity contribution in [2.75, 3.05) is 18.0 Å². The van der Waals surface area contributed by atoms with E-state index in [1.165, 1.54) is 22.3 Å². The lowest BCUT2D eigenvalue weighted by Gasteiger charge is -2.39. The number of hydrogen-bond donors (Lipinski definition) is 0. The molecule has 1 heterocycles. The van der Waals surface area contributed by atoms with Gasteiger partial charge in [-0.2, -0.15) is 0 Å². The first-order chi connectivity index (χ1) is 5.75. The van der Waals surface area contributed by atoms with Crippen LogP contribution in [0, 0.1) is 9.49 Å². The molecule has 0 radical (unpaired) electrons. The Kier molecular flexibility index (Phi) is 2.26. The average Bonchev–Trinajstić information content (AvgIpc) is 2.01. The molecule has 1 saturated heterocycles.